The Hall–Kier alpha value is -1.22. The molecule has 0 radical (unpaired) electrons. The molecular weight excluding hydrogens is 357 g/mol. The second-order valence-corrected chi connectivity index (χ2v) is 7.46. The third kappa shape index (κ3) is 4.89. The van der Waals surface area contributed by atoms with Crippen LogP contribution in [0.2, 0.25) is 0 Å². The van der Waals surface area contributed by atoms with E-state index in [1.807, 2.05) is 0 Å². The van der Waals surface area contributed by atoms with Crippen molar-refractivity contribution < 1.29 is 17.6 Å². The molecule has 136 valence electrons. The number of nitrogens with one attached hydrogen (secondary N) is 1. The highest BCUT2D eigenvalue weighted by molar-refractivity contribution is 7.89. The van der Waals surface area contributed by atoms with Gasteiger partial charge in [-0.1, -0.05) is 12.1 Å². The number of nitrogens with zero attached hydrogens (tertiary/aromatic N) is 1. The normalized spacial score (nSPS) is 17.2. The van der Waals surface area contributed by atoms with E-state index < -0.39 is 26.8 Å². The first-order valence-corrected chi connectivity index (χ1v) is 9.09. The fraction of sp³-hybridized carbons (Fsp3) is 0.533. The molecule has 1 aliphatic rings. The molecule has 9 heteroatoms. The number of sulfonamides is 1. The number of likely N-dealkylation sites (tertiary alicyclic amines) is 1. The molecule has 1 heterocycles. The summed E-state index contributed by atoms with van der Waals surface area (Å²) in [5.41, 5.74) is 5.62. The summed E-state index contributed by atoms with van der Waals surface area (Å²) in [5.74, 6) is -0.742. The van der Waals surface area contributed by atoms with E-state index in [1.54, 1.807) is 4.90 Å². The lowest BCUT2D eigenvalue weighted by molar-refractivity contribution is -0.133. The van der Waals surface area contributed by atoms with E-state index in [9.17, 15) is 17.6 Å². The molecule has 0 aromatic heterocycles. The SMILES string of the molecule is CC(NS(=O)(=O)c1ccccc1F)C(=O)N1CCC(CN)CC1.Cl. The standard InChI is InChI=1S/C15H22FN3O3S.ClH/c1-11(15(20)19-8-6-12(10-17)7-9-19)18-23(21,22)14-5-3-2-4-13(14)16;/h2-5,11-12,18H,6-10,17H2,1H3;1H. The zero-order chi connectivity index (χ0) is 17.0. The summed E-state index contributed by atoms with van der Waals surface area (Å²) < 4.78 is 40.3. The molecular formula is C15H23ClFN3O3S. The second kappa shape index (κ2) is 8.75. The largest absolute Gasteiger partial charge is 0.341 e. The van der Waals surface area contributed by atoms with E-state index in [1.165, 1.54) is 25.1 Å². The fourth-order valence-electron chi connectivity index (χ4n) is 2.67. The molecule has 1 unspecified atom stereocenters. The molecule has 1 amide bonds. The molecule has 0 aliphatic carbocycles. The van der Waals surface area contributed by atoms with Gasteiger partial charge in [-0.15, -0.1) is 12.4 Å². The molecule has 1 fully saturated rings. The van der Waals surface area contributed by atoms with Crippen molar-refractivity contribution in [3.63, 3.8) is 0 Å². The molecule has 1 saturated heterocycles. The van der Waals surface area contributed by atoms with Crippen molar-refractivity contribution in [2.24, 2.45) is 11.7 Å². The van der Waals surface area contributed by atoms with E-state index in [-0.39, 0.29) is 18.3 Å². The van der Waals surface area contributed by atoms with Crippen LogP contribution in [0.1, 0.15) is 19.8 Å². The van der Waals surface area contributed by atoms with Crippen molar-refractivity contribution in [1.29, 1.82) is 0 Å². The minimum absolute atomic E-state index is 0. The maximum Gasteiger partial charge on any atom is 0.244 e. The van der Waals surface area contributed by atoms with Crippen LogP contribution in [0.3, 0.4) is 0 Å². The summed E-state index contributed by atoms with van der Waals surface area (Å²) in [5, 5.41) is 0. The predicted octanol–water partition coefficient (Wildman–Crippen LogP) is 1.11. The predicted molar refractivity (Wildman–Crippen MR) is 91.8 cm³/mol. The Bertz CT molecular complexity index is 664. The Labute approximate surface area is 148 Å². The summed E-state index contributed by atoms with van der Waals surface area (Å²) in [6, 6.07) is 4.13. The first-order valence-electron chi connectivity index (χ1n) is 7.61. The number of halogens is 2. The van der Waals surface area contributed by atoms with Crippen LogP contribution in [0.4, 0.5) is 4.39 Å². The van der Waals surface area contributed by atoms with Crippen LogP contribution >= 0.6 is 12.4 Å². The minimum Gasteiger partial charge on any atom is -0.341 e. The Kier molecular flexibility index (Phi) is 7.59. The molecule has 2 rings (SSSR count). The average molecular weight is 380 g/mol. The molecule has 3 N–H and O–H groups in total. The molecule has 1 aromatic carbocycles. The van der Waals surface area contributed by atoms with Crippen molar-refractivity contribution in [2.45, 2.75) is 30.7 Å². The van der Waals surface area contributed by atoms with Crippen LogP contribution in [-0.4, -0.2) is 44.9 Å². The van der Waals surface area contributed by atoms with Crippen LogP contribution in [-0.2, 0) is 14.8 Å². The van der Waals surface area contributed by atoms with E-state index in [4.69, 9.17) is 5.73 Å². The lowest BCUT2D eigenvalue weighted by Gasteiger charge is -2.33. The average Bonchev–Trinajstić information content (AvgIpc) is 2.54. The molecule has 0 bridgehead atoms. The highest BCUT2D eigenvalue weighted by Crippen LogP contribution is 2.18. The zero-order valence-electron chi connectivity index (χ0n) is 13.4. The highest BCUT2D eigenvalue weighted by atomic mass is 35.5. The number of hydrogen-bond donors (Lipinski definition) is 2. The molecule has 0 saturated carbocycles. The van der Waals surface area contributed by atoms with Gasteiger partial charge < -0.3 is 10.6 Å². The van der Waals surface area contributed by atoms with Crippen molar-refractivity contribution in [3.05, 3.63) is 30.1 Å². The van der Waals surface area contributed by atoms with Crippen LogP contribution in [0.25, 0.3) is 0 Å². The third-order valence-corrected chi connectivity index (χ3v) is 5.66. The topological polar surface area (TPSA) is 92.5 Å². The number of piperidine rings is 1. The lowest BCUT2D eigenvalue weighted by Crippen LogP contribution is -2.49. The lowest BCUT2D eigenvalue weighted by atomic mass is 9.97. The fourth-order valence-corrected chi connectivity index (χ4v) is 3.95. The van der Waals surface area contributed by atoms with Gasteiger partial charge in [-0.2, -0.15) is 4.72 Å². The summed E-state index contributed by atoms with van der Waals surface area (Å²) in [6.45, 7) is 3.19. The van der Waals surface area contributed by atoms with Gasteiger partial charge in [0.2, 0.25) is 15.9 Å². The van der Waals surface area contributed by atoms with Crippen LogP contribution in [0.5, 0.6) is 0 Å². The highest BCUT2D eigenvalue weighted by Gasteiger charge is 2.29. The van der Waals surface area contributed by atoms with Crippen molar-refractivity contribution in [3.8, 4) is 0 Å². The first-order chi connectivity index (χ1) is 10.8. The van der Waals surface area contributed by atoms with Crippen molar-refractivity contribution in [1.82, 2.24) is 9.62 Å². The smallest absolute Gasteiger partial charge is 0.244 e. The number of benzene rings is 1. The molecule has 24 heavy (non-hydrogen) atoms. The quantitative estimate of drug-likeness (QED) is 0.801. The third-order valence-electron chi connectivity index (χ3n) is 4.09. The molecule has 1 aromatic rings. The van der Waals surface area contributed by atoms with E-state index in [0.29, 0.717) is 25.6 Å². The van der Waals surface area contributed by atoms with Gasteiger partial charge in [-0.3, -0.25) is 4.79 Å². The number of carbonyl (C=O) groups excluding carboxylic acids is 1. The monoisotopic (exact) mass is 379 g/mol. The van der Waals surface area contributed by atoms with Gasteiger partial charge in [-0.25, -0.2) is 12.8 Å². The van der Waals surface area contributed by atoms with Gasteiger partial charge in [0.1, 0.15) is 10.7 Å². The maximum absolute atomic E-state index is 13.6. The van der Waals surface area contributed by atoms with Crippen molar-refractivity contribution >= 4 is 28.3 Å². The van der Waals surface area contributed by atoms with Gasteiger partial charge in [0, 0.05) is 13.1 Å². The Morgan fingerprint density at radius 1 is 1.38 bits per heavy atom. The van der Waals surface area contributed by atoms with Gasteiger partial charge >= 0.3 is 0 Å². The van der Waals surface area contributed by atoms with Crippen LogP contribution in [0.15, 0.2) is 29.2 Å². The number of carbonyl (C=O) groups is 1. The van der Waals surface area contributed by atoms with E-state index in [0.717, 1.165) is 18.9 Å². The first kappa shape index (κ1) is 20.8. The van der Waals surface area contributed by atoms with Crippen LogP contribution < -0.4 is 10.5 Å². The van der Waals surface area contributed by atoms with Crippen LogP contribution in [0, 0.1) is 11.7 Å². The summed E-state index contributed by atoms with van der Waals surface area (Å²) >= 11 is 0. The van der Waals surface area contributed by atoms with Gasteiger partial charge in [0.05, 0.1) is 6.04 Å². The summed E-state index contributed by atoms with van der Waals surface area (Å²) in [7, 11) is -4.08. The molecule has 0 spiro atoms. The number of nitrogens with two attached hydrogens (primary N) is 1. The Morgan fingerprint density at radius 3 is 2.50 bits per heavy atom. The Morgan fingerprint density at radius 2 is 1.96 bits per heavy atom. The van der Waals surface area contributed by atoms with Gasteiger partial charge in [-0.05, 0) is 44.4 Å². The summed E-state index contributed by atoms with van der Waals surface area (Å²) in [6.07, 6.45) is 1.63. The van der Waals surface area contributed by atoms with E-state index >= 15 is 0 Å². The Balaban J connectivity index is 0.00000288. The van der Waals surface area contributed by atoms with Crippen molar-refractivity contribution in [2.75, 3.05) is 19.6 Å². The number of hydrogen-bond acceptors (Lipinski definition) is 4. The number of amides is 1. The van der Waals surface area contributed by atoms with Gasteiger partial charge in [0.25, 0.3) is 0 Å². The second-order valence-electron chi connectivity index (χ2n) is 5.78. The molecule has 1 aliphatic heterocycles. The summed E-state index contributed by atoms with van der Waals surface area (Å²) in [4.78, 5) is 13.5. The van der Waals surface area contributed by atoms with E-state index in [2.05, 4.69) is 4.72 Å². The molecule has 1 atom stereocenters. The van der Waals surface area contributed by atoms with Gasteiger partial charge in [0.15, 0.2) is 0 Å². The zero-order valence-corrected chi connectivity index (χ0v) is 15.1. The minimum atomic E-state index is -4.08. The molecule has 6 nitrogen and oxygen atoms in total. The maximum atomic E-state index is 13.6. The number of rotatable bonds is 5.